The van der Waals surface area contributed by atoms with E-state index in [1.807, 2.05) is 6.07 Å². The van der Waals surface area contributed by atoms with Crippen LogP contribution in [0.25, 0.3) is 0 Å². The summed E-state index contributed by atoms with van der Waals surface area (Å²) in [6, 6.07) is 8.30. The zero-order chi connectivity index (χ0) is 15.2. The van der Waals surface area contributed by atoms with Gasteiger partial charge in [0, 0.05) is 24.5 Å². The summed E-state index contributed by atoms with van der Waals surface area (Å²) in [4.78, 5) is 23.4. The Morgan fingerprint density at radius 2 is 1.90 bits per heavy atom. The first-order valence-electron chi connectivity index (χ1n) is 6.43. The summed E-state index contributed by atoms with van der Waals surface area (Å²) in [5.41, 5.74) is 7.34. The van der Waals surface area contributed by atoms with Crippen LogP contribution in [-0.2, 0) is 18.4 Å². The third-order valence-electron chi connectivity index (χ3n) is 2.82. The summed E-state index contributed by atoms with van der Waals surface area (Å²) >= 11 is 0. The standard InChI is InChI=1S/C14H17N5O2/c1-19-7-6-12(18-19)8-16-13(20)9-17-14(21)10-2-4-11(15)5-3-10/h2-7H,8-9,15H2,1H3,(H,16,20)(H,17,21). The van der Waals surface area contributed by atoms with Crippen LogP contribution in [0.3, 0.4) is 0 Å². The number of aromatic nitrogens is 2. The van der Waals surface area contributed by atoms with E-state index in [-0.39, 0.29) is 18.4 Å². The zero-order valence-electron chi connectivity index (χ0n) is 11.7. The molecule has 7 heteroatoms. The maximum Gasteiger partial charge on any atom is 0.251 e. The molecule has 1 heterocycles. The van der Waals surface area contributed by atoms with Gasteiger partial charge in [-0.25, -0.2) is 0 Å². The third-order valence-corrected chi connectivity index (χ3v) is 2.82. The van der Waals surface area contributed by atoms with Gasteiger partial charge < -0.3 is 16.4 Å². The molecular formula is C14H17N5O2. The number of hydrogen-bond acceptors (Lipinski definition) is 4. The number of carbonyl (C=O) groups is 2. The SMILES string of the molecule is Cn1ccc(CNC(=O)CNC(=O)c2ccc(N)cc2)n1. The fourth-order valence-corrected chi connectivity index (χ4v) is 1.71. The maximum absolute atomic E-state index is 11.8. The lowest BCUT2D eigenvalue weighted by molar-refractivity contribution is -0.120. The number of nitrogens with two attached hydrogens (primary N) is 1. The molecule has 0 spiro atoms. The molecule has 0 bridgehead atoms. The van der Waals surface area contributed by atoms with Gasteiger partial charge in [0.2, 0.25) is 5.91 Å². The Labute approximate surface area is 122 Å². The minimum Gasteiger partial charge on any atom is -0.399 e. The van der Waals surface area contributed by atoms with E-state index in [9.17, 15) is 9.59 Å². The van der Waals surface area contributed by atoms with Gasteiger partial charge in [0.1, 0.15) is 0 Å². The maximum atomic E-state index is 11.8. The molecule has 0 atom stereocenters. The van der Waals surface area contributed by atoms with Gasteiger partial charge in [0.25, 0.3) is 5.91 Å². The lowest BCUT2D eigenvalue weighted by Gasteiger charge is -2.06. The largest absolute Gasteiger partial charge is 0.399 e. The number of nitrogen functional groups attached to an aromatic ring is 1. The van der Waals surface area contributed by atoms with Crippen molar-refractivity contribution in [3.05, 3.63) is 47.8 Å². The Morgan fingerprint density at radius 3 is 2.52 bits per heavy atom. The van der Waals surface area contributed by atoms with Crippen LogP contribution in [0.4, 0.5) is 5.69 Å². The topological polar surface area (TPSA) is 102 Å². The molecular weight excluding hydrogens is 270 g/mol. The summed E-state index contributed by atoms with van der Waals surface area (Å²) in [7, 11) is 1.80. The van der Waals surface area contributed by atoms with Crippen molar-refractivity contribution in [3.63, 3.8) is 0 Å². The van der Waals surface area contributed by atoms with Gasteiger partial charge in [-0.05, 0) is 30.3 Å². The number of amides is 2. The van der Waals surface area contributed by atoms with Crippen molar-refractivity contribution in [2.75, 3.05) is 12.3 Å². The van der Waals surface area contributed by atoms with Crippen LogP contribution >= 0.6 is 0 Å². The predicted molar refractivity (Wildman–Crippen MR) is 78.2 cm³/mol. The Hall–Kier alpha value is -2.83. The molecule has 0 aliphatic rings. The Balaban J connectivity index is 1.75. The molecule has 21 heavy (non-hydrogen) atoms. The Bertz CT molecular complexity index is 633. The van der Waals surface area contributed by atoms with Crippen molar-refractivity contribution in [2.24, 2.45) is 7.05 Å². The fourth-order valence-electron chi connectivity index (χ4n) is 1.71. The lowest BCUT2D eigenvalue weighted by atomic mass is 10.2. The molecule has 0 radical (unpaired) electrons. The van der Waals surface area contributed by atoms with Crippen molar-refractivity contribution < 1.29 is 9.59 Å². The Kier molecular flexibility index (Phi) is 4.55. The smallest absolute Gasteiger partial charge is 0.251 e. The van der Waals surface area contributed by atoms with Gasteiger partial charge in [0.05, 0.1) is 18.8 Å². The fraction of sp³-hybridized carbons (Fsp3) is 0.214. The van der Waals surface area contributed by atoms with Gasteiger partial charge in [-0.15, -0.1) is 0 Å². The molecule has 0 aliphatic carbocycles. The summed E-state index contributed by atoms with van der Waals surface area (Å²) in [6.45, 7) is 0.244. The lowest BCUT2D eigenvalue weighted by Crippen LogP contribution is -2.36. The van der Waals surface area contributed by atoms with E-state index in [0.29, 0.717) is 17.8 Å². The van der Waals surface area contributed by atoms with Gasteiger partial charge >= 0.3 is 0 Å². The summed E-state index contributed by atoms with van der Waals surface area (Å²) in [5.74, 6) is -0.590. The molecule has 0 saturated carbocycles. The van der Waals surface area contributed by atoms with E-state index < -0.39 is 0 Å². The van der Waals surface area contributed by atoms with E-state index >= 15 is 0 Å². The number of hydrogen-bond donors (Lipinski definition) is 3. The molecule has 4 N–H and O–H groups in total. The van der Waals surface area contributed by atoms with Gasteiger partial charge in [-0.3, -0.25) is 14.3 Å². The van der Waals surface area contributed by atoms with Crippen LogP contribution in [0, 0.1) is 0 Å². The molecule has 2 rings (SSSR count). The average Bonchev–Trinajstić information content (AvgIpc) is 2.89. The number of aryl methyl sites for hydroxylation is 1. The summed E-state index contributed by atoms with van der Waals surface area (Å²) in [6.07, 6.45) is 1.80. The van der Waals surface area contributed by atoms with Crippen molar-refractivity contribution in [3.8, 4) is 0 Å². The highest BCUT2D eigenvalue weighted by molar-refractivity contribution is 5.96. The van der Waals surface area contributed by atoms with Crippen LogP contribution in [0.1, 0.15) is 16.1 Å². The monoisotopic (exact) mass is 287 g/mol. The Morgan fingerprint density at radius 1 is 1.19 bits per heavy atom. The minimum atomic E-state index is -0.317. The molecule has 0 fully saturated rings. The highest BCUT2D eigenvalue weighted by atomic mass is 16.2. The van der Waals surface area contributed by atoms with E-state index in [1.54, 1.807) is 42.2 Å². The number of carbonyl (C=O) groups excluding carboxylic acids is 2. The summed E-state index contributed by atoms with van der Waals surface area (Å²) in [5, 5.41) is 9.36. The molecule has 0 aliphatic heterocycles. The van der Waals surface area contributed by atoms with Crippen LogP contribution in [-0.4, -0.2) is 28.1 Å². The van der Waals surface area contributed by atoms with E-state index in [2.05, 4.69) is 15.7 Å². The van der Waals surface area contributed by atoms with E-state index in [1.165, 1.54) is 0 Å². The highest BCUT2D eigenvalue weighted by Gasteiger charge is 2.08. The van der Waals surface area contributed by atoms with Crippen molar-refractivity contribution in [1.82, 2.24) is 20.4 Å². The normalized spacial score (nSPS) is 10.1. The highest BCUT2D eigenvalue weighted by Crippen LogP contribution is 2.04. The number of nitrogens with zero attached hydrogens (tertiary/aromatic N) is 2. The second-order valence-corrected chi connectivity index (χ2v) is 4.56. The molecule has 7 nitrogen and oxygen atoms in total. The quantitative estimate of drug-likeness (QED) is 0.676. The number of rotatable bonds is 5. The predicted octanol–water partition coefficient (Wildman–Crippen LogP) is 0.0485. The first-order valence-corrected chi connectivity index (χ1v) is 6.43. The molecule has 110 valence electrons. The molecule has 0 saturated heterocycles. The molecule has 0 unspecified atom stereocenters. The van der Waals surface area contributed by atoms with Crippen LogP contribution in [0.2, 0.25) is 0 Å². The van der Waals surface area contributed by atoms with Crippen molar-refractivity contribution >= 4 is 17.5 Å². The number of benzene rings is 1. The van der Waals surface area contributed by atoms with E-state index in [0.717, 1.165) is 5.69 Å². The third kappa shape index (κ3) is 4.34. The van der Waals surface area contributed by atoms with Gasteiger partial charge in [-0.2, -0.15) is 5.10 Å². The van der Waals surface area contributed by atoms with Crippen LogP contribution < -0.4 is 16.4 Å². The van der Waals surface area contributed by atoms with Crippen molar-refractivity contribution in [1.29, 1.82) is 0 Å². The van der Waals surface area contributed by atoms with Gasteiger partial charge in [-0.1, -0.05) is 0 Å². The zero-order valence-corrected chi connectivity index (χ0v) is 11.7. The first-order chi connectivity index (χ1) is 10.0. The second kappa shape index (κ2) is 6.56. The number of nitrogens with one attached hydrogen (secondary N) is 2. The molecule has 1 aromatic carbocycles. The molecule has 2 amide bonds. The van der Waals surface area contributed by atoms with Crippen LogP contribution in [0.15, 0.2) is 36.5 Å². The van der Waals surface area contributed by atoms with Crippen molar-refractivity contribution in [2.45, 2.75) is 6.54 Å². The first kappa shape index (κ1) is 14.6. The van der Waals surface area contributed by atoms with Crippen LogP contribution in [0.5, 0.6) is 0 Å². The average molecular weight is 287 g/mol. The number of anilines is 1. The molecule has 1 aromatic heterocycles. The van der Waals surface area contributed by atoms with E-state index in [4.69, 9.17) is 5.73 Å². The van der Waals surface area contributed by atoms with Gasteiger partial charge in [0.15, 0.2) is 0 Å². The minimum absolute atomic E-state index is 0.0873. The second-order valence-electron chi connectivity index (χ2n) is 4.56. The molecule has 2 aromatic rings. The summed E-state index contributed by atoms with van der Waals surface area (Å²) < 4.78 is 1.66.